The molecule has 2 heterocycles. The molecule has 0 aliphatic rings. The van der Waals surface area contributed by atoms with Crippen LogP contribution in [0.2, 0.25) is 0 Å². The quantitative estimate of drug-likeness (QED) is 0.145. The molecule has 0 radical (unpaired) electrons. The molecular formula is C64H42N4. The molecule has 0 saturated heterocycles. The van der Waals surface area contributed by atoms with Gasteiger partial charge in [0, 0.05) is 33.0 Å². The zero-order valence-corrected chi connectivity index (χ0v) is 37.0. The van der Waals surface area contributed by atoms with E-state index < -0.39 is 0 Å². The third-order valence-corrected chi connectivity index (χ3v) is 12.7. The van der Waals surface area contributed by atoms with E-state index in [0.29, 0.717) is 11.6 Å². The van der Waals surface area contributed by atoms with Gasteiger partial charge in [-0.3, -0.25) is 0 Å². The van der Waals surface area contributed by atoms with Crippen molar-refractivity contribution in [1.82, 2.24) is 19.9 Å². The second-order valence-electron chi connectivity index (χ2n) is 17.0. The van der Waals surface area contributed by atoms with Gasteiger partial charge in [0.15, 0.2) is 11.6 Å². The lowest BCUT2D eigenvalue weighted by molar-refractivity contribution is 1.23. The van der Waals surface area contributed by atoms with Gasteiger partial charge in [-0.05, 0) is 79.9 Å². The first-order valence-electron chi connectivity index (χ1n) is 22.9. The van der Waals surface area contributed by atoms with Crippen LogP contribution in [0.4, 0.5) is 0 Å². The van der Waals surface area contributed by atoms with E-state index in [9.17, 15) is 0 Å². The van der Waals surface area contributed by atoms with Gasteiger partial charge in [0.1, 0.15) is 0 Å². The molecule has 0 bridgehead atoms. The molecule has 4 nitrogen and oxygen atoms in total. The van der Waals surface area contributed by atoms with Crippen LogP contribution in [0.5, 0.6) is 0 Å². The monoisotopic (exact) mass is 866 g/mol. The summed E-state index contributed by atoms with van der Waals surface area (Å²) >= 11 is 0. The fraction of sp³-hybridized carbons (Fsp3) is 0. The van der Waals surface area contributed by atoms with Crippen molar-refractivity contribution in [3.63, 3.8) is 0 Å². The van der Waals surface area contributed by atoms with E-state index in [1.54, 1.807) is 0 Å². The molecule has 10 aromatic carbocycles. The van der Waals surface area contributed by atoms with Gasteiger partial charge >= 0.3 is 0 Å². The second-order valence-corrected chi connectivity index (χ2v) is 17.0. The van der Waals surface area contributed by atoms with Gasteiger partial charge < -0.3 is 0 Å². The van der Waals surface area contributed by atoms with Crippen molar-refractivity contribution >= 4 is 21.8 Å². The Bertz CT molecular complexity index is 3740. The van der Waals surface area contributed by atoms with Crippen molar-refractivity contribution in [3.05, 3.63) is 255 Å². The summed E-state index contributed by atoms with van der Waals surface area (Å²) in [4.78, 5) is 20.7. The van der Waals surface area contributed by atoms with Crippen molar-refractivity contribution in [2.75, 3.05) is 0 Å². The second kappa shape index (κ2) is 17.7. The maximum Gasteiger partial charge on any atom is 0.160 e. The molecule has 12 rings (SSSR count). The minimum Gasteiger partial charge on any atom is -0.228 e. The molecule has 0 saturated carbocycles. The number of aromatic nitrogens is 4. The van der Waals surface area contributed by atoms with Crippen molar-refractivity contribution in [2.45, 2.75) is 0 Å². The highest BCUT2D eigenvalue weighted by atomic mass is 14.9. The summed E-state index contributed by atoms with van der Waals surface area (Å²) in [5.41, 5.74) is 19.2. The number of hydrogen-bond donors (Lipinski definition) is 0. The molecule has 0 aliphatic carbocycles. The number of fused-ring (bicyclic) bond motifs is 2. The molecule has 0 aliphatic heterocycles. The predicted octanol–water partition coefficient (Wildman–Crippen LogP) is 16.6. The Kier molecular flexibility index (Phi) is 10.5. The first kappa shape index (κ1) is 40.4. The molecule has 0 N–H and O–H groups in total. The highest BCUT2D eigenvalue weighted by Crippen LogP contribution is 2.36. The van der Waals surface area contributed by atoms with Crippen LogP contribution >= 0.6 is 0 Å². The summed E-state index contributed by atoms with van der Waals surface area (Å²) in [7, 11) is 0. The molecule has 0 unspecified atom stereocenters. The van der Waals surface area contributed by atoms with Gasteiger partial charge in [0.2, 0.25) is 0 Å². The van der Waals surface area contributed by atoms with Crippen molar-refractivity contribution in [2.24, 2.45) is 0 Å². The number of hydrogen-bond acceptors (Lipinski definition) is 4. The number of rotatable bonds is 9. The summed E-state index contributed by atoms with van der Waals surface area (Å²) in [5.74, 6) is 1.37. The third kappa shape index (κ3) is 8.01. The number of para-hydroxylation sites is 2. The summed E-state index contributed by atoms with van der Waals surface area (Å²) in [6.45, 7) is 0. The highest BCUT2D eigenvalue weighted by Gasteiger charge is 2.16. The van der Waals surface area contributed by atoms with E-state index in [0.717, 1.165) is 83.3 Å². The largest absolute Gasteiger partial charge is 0.228 e. The average Bonchev–Trinajstić information content (AvgIpc) is 3.43. The lowest BCUT2D eigenvalue weighted by atomic mass is 9.97. The van der Waals surface area contributed by atoms with Gasteiger partial charge in [0.25, 0.3) is 0 Å². The maximum absolute atomic E-state index is 5.27. The van der Waals surface area contributed by atoms with Gasteiger partial charge in [-0.2, -0.15) is 0 Å². The van der Waals surface area contributed by atoms with Crippen LogP contribution in [0.3, 0.4) is 0 Å². The van der Waals surface area contributed by atoms with Crippen LogP contribution in [0.15, 0.2) is 255 Å². The lowest BCUT2D eigenvalue weighted by Crippen LogP contribution is -1.96. The minimum absolute atomic E-state index is 0.680. The Morgan fingerprint density at radius 3 is 0.926 bits per heavy atom. The SMILES string of the molecule is c1ccc(-c2ccc(-c3ccc(-c4nc(-c5cccc(-c6cccc(-c7nc(-c8ccc(-c9ccc(-c%10ccccc%10)cc9)cc8)c8ccccc8n7)c6)c5)c5ccccc5n4)cc3)cc2)cc1. The van der Waals surface area contributed by atoms with Crippen LogP contribution in [0, 0.1) is 0 Å². The van der Waals surface area contributed by atoms with E-state index in [-0.39, 0.29) is 0 Å². The summed E-state index contributed by atoms with van der Waals surface area (Å²) in [6.07, 6.45) is 0. The molecular weight excluding hydrogens is 825 g/mol. The van der Waals surface area contributed by atoms with Crippen molar-refractivity contribution < 1.29 is 0 Å². The maximum atomic E-state index is 5.27. The van der Waals surface area contributed by atoms with Crippen molar-refractivity contribution in [3.8, 4) is 101 Å². The zero-order valence-electron chi connectivity index (χ0n) is 37.0. The molecule has 2 aromatic heterocycles. The summed E-state index contributed by atoms with van der Waals surface area (Å²) in [5, 5.41) is 2.02. The molecule has 0 atom stereocenters. The molecule has 0 fully saturated rings. The highest BCUT2D eigenvalue weighted by molar-refractivity contribution is 5.96. The summed E-state index contributed by atoms with van der Waals surface area (Å²) < 4.78 is 0. The smallest absolute Gasteiger partial charge is 0.160 e. The van der Waals surface area contributed by atoms with Crippen LogP contribution in [0.1, 0.15) is 0 Å². The van der Waals surface area contributed by atoms with Crippen LogP contribution < -0.4 is 0 Å². The third-order valence-electron chi connectivity index (χ3n) is 12.7. The first-order valence-corrected chi connectivity index (χ1v) is 22.9. The van der Waals surface area contributed by atoms with Gasteiger partial charge in [-0.15, -0.1) is 0 Å². The molecule has 12 aromatic rings. The predicted molar refractivity (Wildman–Crippen MR) is 282 cm³/mol. The van der Waals surface area contributed by atoms with E-state index >= 15 is 0 Å². The van der Waals surface area contributed by atoms with E-state index in [4.69, 9.17) is 19.9 Å². The van der Waals surface area contributed by atoms with Gasteiger partial charge in [-0.1, -0.05) is 231 Å². The van der Waals surface area contributed by atoms with Crippen LogP contribution in [-0.4, -0.2) is 19.9 Å². The lowest BCUT2D eigenvalue weighted by Gasteiger charge is -2.12. The van der Waals surface area contributed by atoms with E-state index in [1.807, 2.05) is 24.3 Å². The first-order chi connectivity index (χ1) is 33.7. The number of nitrogens with zero attached hydrogens (tertiary/aromatic N) is 4. The molecule has 4 heteroatoms. The van der Waals surface area contributed by atoms with E-state index in [2.05, 4.69) is 231 Å². The van der Waals surface area contributed by atoms with Crippen LogP contribution in [-0.2, 0) is 0 Å². The summed E-state index contributed by atoms with van der Waals surface area (Å²) in [6, 6.07) is 89.4. The normalized spacial score (nSPS) is 11.2. The average molecular weight is 867 g/mol. The van der Waals surface area contributed by atoms with Crippen molar-refractivity contribution in [1.29, 1.82) is 0 Å². The standard InChI is InChI=1S/C64H42N4/c1-3-13-43(14-4-1)45-25-29-47(30-26-45)49-33-37-51(38-34-49)61-57-21-7-9-23-59(57)66-64(67-61)56-20-12-18-54(42-56)53-17-11-19-55(41-53)62-58-22-8-10-24-60(58)65-63(68-62)52-39-35-50(36-40-52)48-31-27-46(28-32-48)44-15-5-2-6-16-44/h1-42H. The topological polar surface area (TPSA) is 51.6 Å². The molecule has 0 spiro atoms. The Labute approximate surface area is 395 Å². The zero-order chi connectivity index (χ0) is 45.2. The van der Waals surface area contributed by atoms with E-state index in [1.165, 1.54) is 27.8 Å². The Hall–Kier alpha value is -9.12. The molecule has 0 amide bonds. The fourth-order valence-electron chi connectivity index (χ4n) is 9.14. The Morgan fingerprint density at radius 2 is 0.471 bits per heavy atom. The Balaban J connectivity index is 0.843. The fourth-order valence-corrected chi connectivity index (χ4v) is 9.14. The molecule has 318 valence electrons. The van der Waals surface area contributed by atoms with Gasteiger partial charge in [0.05, 0.1) is 22.4 Å². The Morgan fingerprint density at radius 1 is 0.176 bits per heavy atom. The van der Waals surface area contributed by atoms with Gasteiger partial charge in [-0.25, -0.2) is 19.9 Å². The minimum atomic E-state index is 0.680. The number of benzene rings is 10. The molecule has 68 heavy (non-hydrogen) atoms. The van der Waals surface area contributed by atoms with Crippen LogP contribution in [0.25, 0.3) is 123 Å².